The number of nitrogens with zero attached hydrogens (tertiary/aromatic N) is 2. The molecule has 1 aromatic heterocycles. The van der Waals surface area contributed by atoms with Crippen molar-refractivity contribution in [3.8, 4) is 22.8 Å². The van der Waals surface area contributed by atoms with Gasteiger partial charge in [0.05, 0.1) is 32.0 Å². The zero-order valence-electron chi connectivity index (χ0n) is 20.6. The highest BCUT2D eigenvalue weighted by molar-refractivity contribution is 5.89. The third-order valence-electron chi connectivity index (χ3n) is 5.71. The zero-order valence-corrected chi connectivity index (χ0v) is 20.6. The van der Waals surface area contributed by atoms with Crippen molar-refractivity contribution in [2.45, 2.75) is 44.9 Å². The Balaban J connectivity index is 1.68. The molecule has 2 heterocycles. The number of carbonyl (C=O) groups is 2. The van der Waals surface area contributed by atoms with Gasteiger partial charge in [-0.15, -0.1) is 0 Å². The number of methoxy groups -OCH3 is 2. The van der Waals surface area contributed by atoms with Gasteiger partial charge in [-0.05, 0) is 32.9 Å². The molecule has 1 saturated heterocycles. The molecule has 8 nitrogen and oxygen atoms in total. The van der Waals surface area contributed by atoms with Crippen LogP contribution in [0, 0.1) is 0 Å². The maximum Gasteiger partial charge on any atom is 0.411 e. The monoisotopic (exact) mass is 478 g/mol. The maximum atomic E-state index is 12.8. The van der Waals surface area contributed by atoms with E-state index < -0.39 is 29.8 Å². The third kappa shape index (κ3) is 5.48. The molecule has 0 saturated carbocycles. The molecule has 4 rings (SSSR count). The molecule has 0 N–H and O–H groups in total. The lowest BCUT2D eigenvalue weighted by atomic mass is 10.1. The number of benzene rings is 2. The van der Waals surface area contributed by atoms with Gasteiger partial charge in [0, 0.05) is 29.5 Å². The molecule has 0 aliphatic carbocycles. The molecule has 35 heavy (non-hydrogen) atoms. The van der Waals surface area contributed by atoms with Gasteiger partial charge in [0.2, 0.25) is 0 Å². The fourth-order valence-corrected chi connectivity index (χ4v) is 4.10. The van der Waals surface area contributed by atoms with Gasteiger partial charge >= 0.3 is 12.1 Å². The molecule has 1 aliphatic rings. The number of amides is 1. The lowest BCUT2D eigenvalue weighted by molar-refractivity contribution is -0.145. The number of rotatable bonds is 5. The summed E-state index contributed by atoms with van der Waals surface area (Å²) in [6, 6.07) is 16.5. The molecule has 3 aromatic rings. The first-order valence-corrected chi connectivity index (χ1v) is 11.5. The molecule has 1 amide bonds. The summed E-state index contributed by atoms with van der Waals surface area (Å²) in [7, 11) is 2.91. The first kappa shape index (κ1) is 24.3. The number of aromatic nitrogens is 1. The van der Waals surface area contributed by atoms with E-state index in [1.807, 2.05) is 54.6 Å². The number of esters is 1. The standard InChI is InChI=1S/C27H30N2O6/c1-27(2,3)35-26(31)29-16-19(14-23(29)25(30)33-5)34-24-15-21(17-9-7-6-8-10-17)28-22-13-18(32-4)11-12-20(22)24/h6-13,15,19,23H,14,16H2,1-5H3/t19-,23-/m1/s1. The van der Waals surface area contributed by atoms with E-state index in [2.05, 4.69) is 0 Å². The van der Waals surface area contributed by atoms with E-state index in [1.54, 1.807) is 27.9 Å². The van der Waals surface area contributed by atoms with Crippen LogP contribution in [0.5, 0.6) is 11.5 Å². The molecular weight excluding hydrogens is 448 g/mol. The first-order valence-electron chi connectivity index (χ1n) is 11.5. The summed E-state index contributed by atoms with van der Waals surface area (Å²) in [6.07, 6.45) is -0.733. The van der Waals surface area contributed by atoms with E-state index >= 15 is 0 Å². The normalized spacial score (nSPS) is 17.8. The van der Waals surface area contributed by atoms with Gasteiger partial charge < -0.3 is 18.9 Å². The number of fused-ring (bicyclic) bond motifs is 1. The fourth-order valence-electron chi connectivity index (χ4n) is 4.10. The van der Waals surface area contributed by atoms with Crippen LogP contribution in [0.25, 0.3) is 22.2 Å². The molecule has 0 spiro atoms. The van der Waals surface area contributed by atoms with Crippen LogP contribution in [-0.2, 0) is 14.3 Å². The third-order valence-corrected chi connectivity index (χ3v) is 5.71. The van der Waals surface area contributed by atoms with Crippen LogP contribution in [0.4, 0.5) is 4.79 Å². The van der Waals surface area contributed by atoms with Gasteiger partial charge in [0.25, 0.3) is 0 Å². The van der Waals surface area contributed by atoms with Gasteiger partial charge in [-0.3, -0.25) is 4.90 Å². The Morgan fingerprint density at radius 1 is 1.03 bits per heavy atom. The highest BCUT2D eigenvalue weighted by Crippen LogP contribution is 2.34. The summed E-state index contributed by atoms with van der Waals surface area (Å²) in [5.74, 6) is 0.788. The number of likely N-dealkylation sites (tertiary alicyclic amines) is 1. The number of hydrogen-bond donors (Lipinski definition) is 0. The number of pyridine rings is 1. The van der Waals surface area contributed by atoms with Gasteiger partial charge in [0.15, 0.2) is 0 Å². The van der Waals surface area contributed by atoms with E-state index in [-0.39, 0.29) is 13.0 Å². The quantitative estimate of drug-likeness (QED) is 0.485. The Kier molecular flexibility index (Phi) is 6.82. The molecule has 2 aromatic carbocycles. The molecule has 1 fully saturated rings. The molecular formula is C27H30N2O6. The van der Waals surface area contributed by atoms with Crippen molar-refractivity contribution in [1.29, 1.82) is 0 Å². The van der Waals surface area contributed by atoms with Crippen LogP contribution >= 0.6 is 0 Å². The van der Waals surface area contributed by atoms with Crippen molar-refractivity contribution in [2.24, 2.45) is 0 Å². The van der Waals surface area contributed by atoms with Crippen LogP contribution in [0.2, 0.25) is 0 Å². The summed E-state index contributed by atoms with van der Waals surface area (Å²) in [5, 5.41) is 0.802. The molecule has 0 unspecified atom stereocenters. The molecule has 184 valence electrons. The minimum Gasteiger partial charge on any atom is -0.497 e. The largest absolute Gasteiger partial charge is 0.497 e. The Morgan fingerprint density at radius 2 is 1.77 bits per heavy atom. The Bertz CT molecular complexity index is 1220. The molecule has 0 radical (unpaired) electrons. The minimum atomic E-state index is -0.790. The smallest absolute Gasteiger partial charge is 0.411 e. The Morgan fingerprint density at radius 3 is 2.43 bits per heavy atom. The first-order chi connectivity index (χ1) is 16.7. The van der Waals surface area contributed by atoms with Crippen LogP contribution < -0.4 is 9.47 Å². The van der Waals surface area contributed by atoms with Gasteiger partial charge in [-0.25, -0.2) is 14.6 Å². The van der Waals surface area contributed by atoms with Crippen molar-refractivity contribution in [2.75, 3.05) is 20.8 Å². The van der Waals surface area contributed by atoms with Crippen molar-refractivity contribution in [3.05, 3.63) is 54.6 Å². The summed E-state index contributed by atoms with van der Waals surface area (Å²) < 4.78 is 22.3. The van der Waals surface area contributed by atoms with E-state index in [4.69, 9.17) is 23.9 Å². The zero-order chi connectivity index (χ0) is 25.2. The molecule has 1 aliphatic heterocycles. The van der Waals surface area contributed by atoms with Crippen LogP contribution in [-0.4, -0.2) is 60.5 Å². The van der Waals surface area contributed by atoms with Crippen LogP contribution in [0.1, 0.15) is 27.2 Å². The summed E-state index contributed by atoms with van der Waals surface area (Å²) in [5.41, 5.74) is 1.71. The van der Waals surface area contributed by atoms with Crippen LogP contribution in [0.15, 0.2) is 54.6 Å². The second-order valence-electron chi connectivity index (χ2n) is 9.40. The van der Waals surface area contributed by atoms with Gasteiger partial charge in [0.1, 0.15) is 29.2 Å². The molecule has 8 heteroatoms. The fraction of sp³-hybridized carbons (Fsp3) is 0.370. The average Bonchev–Trinajstić information content (AvgIpc) is 3.26. The number of hydrogen-bond acceptors (Lipinski definition) is 7. The predicted octanol–water partition coefficient (Wildman–Crippen LogP) is 4.84. The van der Waals surface area contributed by atoms with Gasteiger partial charge in [-0.2, -0.15) is 0 Å². The number of carbonyl (C=O) groups excluding carboxylic acids is 2. The van der Waals surface area contributed by atoms with Crippen molar-refractivity contribution in [3.63, 3.8) is 0 Å². The average molecular weight is 479 g/mol. The van der Waals surface area contributed by atoms with E-state index in [9.17, 15) is 9.59 Å². The van der Waals surface area contributed by atoms with Crippen molar-refractivity contribution >= 4 is 23.0 Å². The summed E-state index contributed by atoms with van der Waals surface area (Å²) >= 11 is 0. The topological polar surface area (TPSA) is 87.2 Å². The summed E-state index contributed by atoms with van der Waals surface area (Å²) in [6.45, 7) is 5.54. The minimum absolute atomic E-state index is 0.190. The van der Waals surface area contributed by atoms with E-state index in [1.165, 1.54) is 12.0 Å². The SMILES string of the molecule is COC(=O)[C@H]1C[C@@H](Oc2cc(-c3ccccc3)nc3cc(OC)ccc23)CN1C(=O)OC(C)(C)C. The number of ether oxygens (including phenoxy) is 4. The van der Waals surface area contributed by atoms with E-state index in [0.29, 0.717) is 17.0 Å². The van der Waals surface area contributed by atoms with E-state index in [0.717, 1.165) is 16.6 Å². The Hall–Kier alpha value is -3.81. The molecule has 2 atom stereocenters. The summed E-state index contributed by atoms with van der Waals surface area (Å²) in [4.78, 5) is 31.5. The van der Waals surface area contributed by atoms with Crippen LogP contribution in [0.3, 0.4) is 0 Å². The second-order valence-corrected chi connectivity index (χ2v) is 9.40. The molecule has 0 bridgehead atoms. The van der Waals surface area contributed by atoms with Gasteiger partial charge in [-0.1, -0.05) is 30.3 Å². The maximum absolute atomic E-state index is 12.8. The Labute approximate surface area is 204 Å². The lowest BCUT2D eigenvalue weighted by Crippen LogP contribution is -2.44. The predicted molar refractivity (Wildman–Crippen MR) is 132 cm³/mol. The highest BCUT2D eigenvalue weighted by atomic mass is 16.6. The van der Waals surface area contributed by atoms with Crippen molar-refractivity contribution in [1.82, 2.24) is 9.88 Å². The highest BCUT2D eigenvalue weighted by Gasteiger charge is 2.43. The van der Waals surface area contributed by atoms with Crippen molar-refractivity contribution < 1.29 is 28.5 Å². The lowest BCUT2D eigenvalue weighted by Gasteiger charge is -2.27. The second kappa shape index (κ2) is 9.82.